The third-order valence-electron chi connectivity index (χ3n) is 4.99. The number of carbonyl (C=O) groups excluding carboxylic acids is 2. The fraction of sp³-hybridized carbons (Fsp3) is 0.565. The van der Waals surface area contributed by atoms with Gasteiger partial charge in [0, 0.05) is 31.1 Å². The van der Waals surface area contributed by atoms with Crippen LogP contribution in [0.15, 0.2) is 28.0 Å². The molecule has 0 saturated carbocycles. The number of nitrogens with zero attached hydrogens (tertiary/aromatic N) is 3. The van der Waals surface area contributed by atoms with Crippen LogP contribution in [-0.2, 0) is 20.7 Å². The van der Waals surface area contributed by atoms with E-state index in [-0.39, 0.29) is 0 Å². The molecule has 0 bridgehead atoms. The average molecular weight is 552 g/mol. The number of carbonyl (C=O) groups is 2. The Morgan fingerprint density at radius 3 is 2.46 bits per heavy atom. The number of rotatable bonds is 13. The molecule has 2 rings (SSSR count). The standard InChI is InChI=1S/C23H29ClF3N3O3S2/c1-4-5-6-7-8-12-30(18-10-9-16(24)14-28-18)13-11-17-15-34-21(29-17)35-22(2,3)19(31)33-20(32)23(25,26)27/h9-10,14-15H,4-8,11-13H2,1-3H3. The number of alkyl halides is 3. The molecule has 194 valence electrons. The third kappa shape index (κ3) is 9.97. The highest BCUT2D eigenvalue weighted by Gasteiger charge is 2.45. The molecule has 0 unspecified atom stereocenters. The van der Waals surface area contributed by atoms with Crippen LogP contribution in [0.5, 0.6) is 0 Å². The van der Waals surface area contributed by atoms with Crippen LogP contribution < -0.4 is 4.90 Å². The summed E-state index contributed by atoms with van der Waals surface area (Å²) in [5.41, 5.74) is 0.790. The number of thioether (sulfide) groups is 1. The second-order valence-electron chi connectivity index (χ2n) is 8.38. The number of halogens is 4. The fourth-order valence-electron chi connectivity index (χ4n) is 3.03. The van der Waals surface area contributed by atoms with Gasteiger partial charge in [-0.3, -0.25) is 4.79 Å². The molecule has 0 atom stereocenters. The lowest BCUT2D eigenvalue weighted by atomic mass is 10.1. The summed E-state index contributed by atoms with van der Waals surface area (Å²) in [6, 6.07) is 3.68. The van der Waals surface area contributed by atoms with E-state index in [4.69, 9.17) is 11.6 Å². The quantitative estimate of drug-likeness (QED) is 0.118. The summed E-state index contributed by atoms with van der Waals surface area (Å²) >= 11 is 8.21. The predicted octanol–water partition coefficient (Wildman–Crippen LogP) is 6.71. The highest BCUT2D eigenvalue weighted by Crippen LogP contribution is 2.36. The maximum Gasteiger partial charge on any atom is 0.491 e. The minimum absolute atomic E-state index is 0.497. The molecule has 35 heavy (non-hydrogen) atoms. The smallest absolute Gasteiger partial charge is 0.385 e. The van der Waals surface area contributed by atoms with E-state index in [1.807, 2.05) is 11.4 Å². The van der Waals surface area contributed by atoms with Crippen molar-refractivity contribution < 1.29 is 27.5 Å². The van der Waals surface area contributed by atoms with Gasteiger partial charge in [0.15, 0.2) is 4.34 Å². The monoisotopic (exact) mass is 551 g/mol. The van der Waals surface area contributed by atoms with Crippen LogP contribution in [0.25, 0.3) is 0 Å². The Morgan fingerprint density at radius 1 is 1.11 bits per heavy atom. The topological polar surface area (TPSA) is 72.4 Å². The van der Waals surface area contributed by atoms with Crippen molar-refractivity contribution in [1.82, 2.24) is 9.97 Å². The predicted molar refractivity (Wildman–Crippen MR) is 133 cm³/mol. The minimum Gasteiger partial charge on any atom is -0.385 e. The van der Waals surface area contributed by atoms with Gasteiger partial charge in [-0.2, -0.15) is 13.2 Å². The highest BCUT2D eigenvalue weighted by molar-refractivity contribution is 8.03. The molecule has 2 aromatic rings. The van der Waals surface area contributed by atoms with Gasteiger partial charge in [0.2, 0.25) is 0 Å². The number of hydrogen-bond donors (Lipinski definition) is 0. The van der Waals surface area contributed by atoms with Crippen molar-refractivity contribution >= 4 is 52.5 Å². The first-order chi connectivity index (χ1) is 16.4. The molecule has 0 spiro atoms. The molecule has 0 fully saturated rings. The Kier molecular flexibility index (Phi) is 11.3. The van der Waals surface area contributed by atoms with E-state index in [0.29, 0.717) is 22.3 Å². The zero-order valence-corrected chi connectivity index (χ0v) is 22.2. The van der Waals surface area contributed by atoms with E-state index in [0.717, 1.165) is 42.7 Å². The summed E-state index contributed by atoms with van der Waals surface area (Å²) in [6.07, 6.45) is 2.76. The van der Waals surface area contributed by atoms with Gasteiger partial charge >= 0.3 is 18.1 Å². The summed E-state index contributed by atoms with van der Waals surface area (Å²) in [5.74, 6) is -2.97. The molecular formula is C23H29ClF3N3O3S2. The van der Waals surface area contributed by atoms with Crippen molar-refractivity contribution in [2.45, 2.75) is 74.6 Å². The molecule has 12 heteroatoms. The van der Waals surface area contributed by atoms with E-state index in [1.54, 1.807) is 12.3 Å². The van der Waals surface area contributed by atoms with Crippen LogP contribution in [0.4, 0.5) is 19.0 Å². The molecule has 2 aromatic heterocycles. The number of pyridine rings is 1. The molecule has 0 amide bonds. The Hall–Kier alpha value is -1.85. The Bertz CT molecular complexity index is 969. The van der Waals surface area contributed by atoms with Crippen LogP contribution in [0.1, 0.15) is 58.6 Å². The van der Waals surface area contributed by atoms with Crippen molar-refractivity contribution in [1.29, 1.82) is 0 Å². The van der Waals surface area contributed by atoms with Gasteiger partial charge in [0.25, 0.3) is 0 Å². The molecule has 0 aliphatic rings. The second-order valence-corrected chi connectivity index (χ2v) is 11.5. The average Bonchev–Trinajstić information content (AvgIpc) is 3.22. The van der Waals surface area contributed by atoms with Crippen LogP contribution in [0.3, 0.4) is 0 Å². The zero-order chi connectivity index (χ0) is 26.1. The summed E-state index contributed by atoms with van der Waals surface area (Å²) in [7, 11) is 0. The lowest BCUT2D eigenvalue weighted by Crippen LogP contribution is -2.36. The van der Waals surface area contributed by atoms with E-state index >= 15 is 0 Å². The SMILES string of the molecule is CCCCCCCN(CCc1csc(SC(C)(C)C(=O)OC(=O)C(F)(F)F)n1)c1ccc(Cl)cn1. The van der Waals surface area contributed by atoms with Gasteiger partial charge in [-0.05, 0) is 32.4 Å². The van der Waals surface area contributed by atoms with Crippen LogP contribution in [-0.4, -0.2) is 45.9 Å². The number of unbranched alkanes of at least 4 members (excludes halogenated alkanes) is 4. The summed E-state index contributed by atoms with van der Waals surface area (Å²) in [6.45, 7) is 6.46. The van der Waals surface area contributed by atoms with E-state index < -0.39 is 22.9 Å². The van der Waals surface area contributed by atoms with Crippen molar-refractivity contribution in [3.8, 4) is 0 Å². The zero-order valence-electron chi connectivity index (χ0n) is 19.9. The number of esters is 2. The largest absolute Gasteiger partial charge is 0.491 e. The molecule has 0 aromatic carbocycles. The first-order valence-electron chi connectivity index (χ1n) is 11.3. The Morgan fingerprint density at radius 2 is 1.83 bits per heavy atom. The molecule has 2 heterocycles. The molecule has 0 aliphatic carbocycles. The maximum absolute atomic E-state index is 12.4. The van der Waals surface area contributed by atoms with Gasteiger partial charge in [-0.1, -0.05) is 56.0 Å². The molecule has 0 radical (unpaired) electrons. The summed E-state index contributed by atoms with van der Waals surface area (Å²) in [4.78, 5) is 34.2. The third-order valence-corrected chi connectivity index (χ3v) is 7.37. The lowest BCUT2D eigenvalue weighted by Gasteiger charge is -2.23. The van der Waals surface area contributed by atoms with Gasteiger partial charge in [-0.15, -0.1) is 11.3 Å². The van der Waals surface area contributed by atoms with Crippen LogP contribution >= 0.6 is 34.7 Å². The number of thiazole rings is 1. The molecule has 6 nitrogen and oxygen atoms in total. The van der Waals surface area contributed by atoms with E-state index in [1.165, 1.54) is 44.4 Å². The maximum atomic E-state index is 12.4. The number of hydrogen-bond acceptors (Lipinski definition) is 8. The molecule has 0 saturated heterocycles. The molecular weight excluding hydrogens is 523 g/mol. The van der Waals surface area contributed by atoms with Gasteiger partial charge in [-0.25, -0.2) is 14.8 Å². The summed E-state index contributed by atoms with van der Waals surface area (Å²) < 4.78 is 40.2. The van der Waals surface area contributed by atoms with Crippen LogP contribution in [0, 0.1) is 0 Å². The normalized spacial score (nSPS) is 12.0. The molecule has 0 N–H and O–H groups in total. The minimum atomic E-state index is -5.23. The molecule has 0 aliphatic heterocycles. The first kappa shape index (κ1) is 29.4. The van der Waals surface area contributed by atoms with Gasteiger partial charge in [0.05, 0.1) is 10.7 Å². The van der Waals surface area contributed by atoms with Crippen molar-refractivity contribution in [3.63, 3.8) is 0 Å². The Balaban J connectivity index is 1.97. The first-order valence-corrected chi connectivity index (χ1v) is 13.3. The number of aromatic nitrogens is 2. The fourth-order valence-corrected chi connectivity index (χ4v) is 5.40. The summed E-state index contributed by atoms with van der Waals surface area (Å²) in [5, 5.41) is 2.41. The van der Waals surface area contributed by atoms with E-state index in [9.17, 15) is 22.8 Å². The van der Waals surface area contributed by atoms with Crippen molar-refractivity contribution in [2.75, 3.05) is 18.0 Å². The van der Waals surface area contributed by atoms with Crippen molar-refractivity contribution in [3.05, 3.63) is 34.4 Å². The highest BCUT2D eigenvalue weighted by atomic mass is 35.5. The lowest BCUT2D eigenvalue weighted by molar-refractivity contribution is -0.202. The van der Waals surface area contributed by atoms with Gasteiger partial charge in [0.1, 0.15) is 10.6 Å². The number of anilines is 1. The number of ether oxygens (including phenoxy) is 1. The van der Waals surface area contributed by atoms with E-state index in [2.05, 4.69) is 26.5 Å². The van der Waals surface area contributed by atoms with Crippen LogP contribution in [0.2, 0.25) is 5.02 Å². The second kappa shape index (κ2) is 13.5. The van der Waals surface area contributed by atoms with Crippen molar-refractivity contribution in [2.24, 2.45) is 0 Å². The van der Waals surface area contributed by atoms with Gasteiger partial charge < -0.3 is 9.64 Å². The Labute approximate surface area is 216 Å².